The Labute approximate surface area is 49.9 Å². The Morgan fingerprint density at radius 1 is 1.11 bits per heavy atom. The number of esters is 2. The van der Waals surface area contributed by atoms with Crippen LogP contribution in [0.1, 0.15) is 0 Å². The summed E-state index contributed by atoms with van der Waals surface area (Å²) in [6.07, 6.45) is -3.39. The highest BCUT2D eigenvalue weighted by molar-refractivity contribution is 5.99. The van der Waals surface area contributed by atoms with Crippen molar-refractivity contribution in [3.05, 3.63) is 0 Å². The van der Waals surface area contributed by atoms with Crippen molar-refractivity contribution in [3.63, 3.8) is 0 Å². The van der Waals surface area contributed by atoms with Crippen LogP contribution in [0.3, 0.4) is 0 Å². The minimum Gasteiger partial charge on any atom is -0.389 e. The SMILES string of the molecule is O=C1OC(=O)[C@@H](O)[C@@H]1O. The van der Waals surface area contributed by atoms with Crippen LogP contribution in [0.15, 0.2) is 0 Å². The van der Waals surface area contributed by atoms with Gasteiger partial charge in [-0.1, -0.05) is 0 Å². The van der Waals surface area contributed by atoms with Gasteiger partial charge in [0.2, 0.25) is 0 Å². The van der Waals surface area contributed by atoms with E-state index < -0.39 is 24.1 Å². The Morgan fingerprint density at radius 3 is 1.56 bits per heavy atom. The predicted molar refractivity (Wildman–Crippen MR) is 23.1 cm³/mol. The second-order valence-electron chi connectivity index (χ2n) is 1.63. The Bertz CT molecular complexity index is 144. The van der Waals surface area contributed by atoms with Gasteiger partial charge in [0, 0.05) is 0 Å². The van der Waals surface area contributed by atoms with E-state index in [2.05, 4.69) is 4.74 Å². The molecule has 1 aliphatic rings. The van der Waals surface area contributed by atoms with Crippen LogP contribution in [0.5, 0.6) is 0 Å². The van der Waals surface area contributed by atoms with E-state index in [1.165, 1.54) is 0 Å². The first-order valence-electron chi connectivity index (χ1n) is 2.24. The highest BCUT2D eigenvalue weighted by Crippen LogP contribution is 2.07. The Hall–Kier alpha value is -0.940. The van der Waals surface area contributed by atoms with Gasteiger partial charge in [0.15, 0.2) is 12.2 Å². The molecule has 1 rings (SSSR count). The molecular weight excluding hydrogens is 128 g/mol. The van der Waals surface area contributed by atoms with Crippen LogP contribution < -0.4 is 0 Å². The van der Waals surface area contributed by atoms with Crippen LogP contribution in [-0.2, 0) is 14.3 Å². The van der Waals surface area contributed by atoms with Crippen LogP contribution in [0.25, 0.3) is 0 Å². The van der Waals surface area contributed by atoms with Crippen LogP contribution >= 0.6 is 0 Å². The van der Waals surface area contributed by atoms with Gasteiger partial charge in [-0.2, -0.15) is 0 Å². The van der Waals surface area contributed by atoms with Crippen molar-refractivity contribution >= 4 is 11.9 Å². The Morgan fingerprint density at radius 2 is 1.44 bits per heavy atom. The lowest BCUT2D eigenvalue weighted by molar-refractivity contribution is -0.155. The summed E-state index contributed by atoms with van der Waals surface area (Å²) in [5, 5.41) is 17.0. The molecule has 9 heavy (non-hydrogen) atoms. The first-order chi connectivity index (χ1) is 4.13. The molecule has 1 saturated heterocycles. The third kappa shape index (κ3) is 0.797. The van der Waals surface area contributed by atoms with Gasteiger partial charge in [-0.25, -0.2) is 9.59 Å². The maximum absolute atomic E-state index is 10.1. The zero-order chi connectivity index (χ0) is 7.02. The lowest BCUT2D eigenvalue weighted by Crippen LogP contribution is -2.27. The van der Waals surface area contributed by atoms with Crippen molar-refractivity contribution in [2.24, 2.45) is 0 Å². The molecule has 0 amide bonds. The number of aliphatic hydroxyl groups excluding tert-OH is 2. The molecule has 0 aromatic heterocycles. The van der Waals surface area contributed by atoms with Crippen LogP contribution in [0, 0.1) is 0 Å². The molecule has 1 aliphatic heterocycles. The standard InChI is InChI=1S/C4H4O5/c5-1-2(6)4(8)9-3(1)7/h1-2,5-6H/t1-,2-/m0/s1. The van der Waals surface area contributed by atoms with Gasteiger partial charge in [0.25, 0.3) is 0 Å². The molecule has 50 valence electrons. The van der Waals surface area contributed by atoms with Gasteiger partial charge in [-0.3, -0.25) is 0 Å². The van der Waals surface area contributed by atoms with E-state index in [4.69, 9.17) is 10.2 Å². The molecule has 0 aliphatic carbocycles. The lowest BCUT2D eigenvalue weighted by atomic mass is 10.2. The van der Waals surface area contributed by atoms with Crippen molar-refractivity contribution in [2.45, 2.75) is 12.2 Å². The molecule has 2 atom stereocenters. The minimum absolute atomic E-state index is 1.09. The summed E-state index contributed by atoms with van der Waals surface area (Å²) in [5.41, 5.74) is 0. The topological polar surface area (TPSA) is 83.8 Å². The molecule has 0 unspecified atom stereocenters. The fraction of sp³-hybridized carbons (Fsp3) is 0.500. The first-order valence-corrected chi connectivity index (χ1v) is 2.24. The van der Waals surface area contributed by atoms with Gasteiger partial charge in [-0.15, -0.1) is 0 Å². The number of carbonyl (C=O) groups is 2. The summed E-state index contributed by atoms with van der Waals surface area (Å²) in [5.74, 6) is -2.18. The number of cyclic esters (lactones) is 2. The summed E-state index contributed by atoms with van der Waals surface area (Å²) in [6, 6.07) is 0. The van der Waals surface area contributed by atoms with E-state index in [0.29, 0.717) is 0 Å². The van der Waals surface area contributed by atoms with Crippen LogP contribution in [0.4, 0.5) is 0 Å². The quantitative estimate of drug-likeness (QED) is 0.288. The Kier molecular flexibility index (Phi) is 1.22. The maximum atomic E-state index is 10.1. The van der Waals surface area contributed by atoms with E-state index in [1.807, 2.05) is 0 Å². The number of carbonyl (C=O) groups excluding carboxylic acids is 2. The number of aliphatic hydroxyl groups is 2. The fourth-order valence-corrected chi connectivity index (χ4v) is 0.478. The van der Waals surface area contributed by atoms with Crippen LogP contribution in [0.2, 0.25) is 0 Å². The molecule has 1 heterocycles. The van der Waals surface area contributed by atoms with Crippen molar-refractivity contribution in [1.82, 2.24) is 0 Å². The summed E-state index contributed by atoms with van der Waals surface area (Å²) < 4.78 is 3.81. The summed E-state index contributed by atoms with van der Waals surface area (Å²) >= 11 is 0. The van der Waals surface area contributed by atoms with Crippen molar-refractivity contribution in [3.8, 4) is 0 Å². The molecule has 2 N–H and O–H groups in total. The molecule has 0 aromatic rings. The minimum atomic E-state index is -1.70. The molecular formula is C4H4O5. The first kappa shape index (κ1) is 6.18. The molecule has 0 saturated carbocycles. The second kappa shape index (κ2) is 1.78. The number of rotatable bonds is 0. The van der Waals surface area contributed by atoms with Gasteiger partial charge >= 0.3 is 11.9 Å². The van der Waals surface area contributed by atoms with E-state index >= 15 is 0 Å². The van der Waals surface area contributed by atoms with E-state index in [1.54, 1.807) is 0 Å². The largest absolute Gasteiger partial charge is 0.389 e. The third-order valence-corrected chi connectivity index (χ3v) is 0.983. The molecule has 0 aromatic carbocycles. The zero-order valence-corrected chi connectivity index (χ0v) is 4.27. The molecule has 5 nitrogen and oxygen atoms in total. The maximum Gasteiger partial charge on any atom is 0.346 e. The molecule has 5 heteroatoms. The number of hydrogen-bond acceptors (Lipinski definition) is 5. The summed E-state index contributed by atoms with van der Waals surface area (Å²) in [6.45, 7) is 0. The zero-order valence-electron chi connectivity index (χ0n) is 4.27. The fourth-order valence-electron chi connectivity index (χ4n) is 0.478. The highest BCUT2D eigenvalue weighted by atomic mass is 16.6. The normalized spacial score (nSPS) is 34.9. The average molecular weight is 132 g/mol. The monoisotopic (exact) mass is 132 g/mol. The van der Waals surface area contributed by atoms with Gasteiger partial charge in [0.05, 0.1) is 0 Å². The van der Waals surface area contributed by atoms with Gasteiger partial charge < -0.3 is 14.9 Å². The molecule has 0 radical (unpaired) electrons. The van der Waals surface area contributed by atoms with E-state index in [-0.39, 0.29) is 0 Å². The smallest absolute Gasteiger partial charge is 0.346 e. The van der Waals surface area contributed by atoms with Crippen molar-refractivity contribution in [2.75, 3.05) is 0 Å². The Balaban J connectivity index is 2.77. The van der Waals surface area contributed by atoms with Gasteiger partial charge in [0.1, 0.15) is 0 Å². The number of hydrogen-bond donors (Lipinski definition) is 2. The molecule has 0 bridgehead atoms. The van der Waals surface area contributed by atoms with E-state index in [9.17, 15) is 9.59 Å². The predicted octanol–water partition coefficient (Wildman–Crippen LogP) is -2.21. The molecule has 0 spiro atoms. The highest BCUT2D eigenvalue weighted by Gasteiger charge is 2.41. The van der Waals surface area contributed by atoms with Gasteiger partial charge in [-0.05, 0) is 0 Å². The summed E-state index contributed by atoms with van der Waals surface area (Å²) in [4.78, 5) is 20.3. The third-order valence-electron chi connectivity index (χ3n) is 0.983. The van der Waals surface area contributed by atoms with Crippen molar-refractivity contribution in [1.29, 1.82) is 0 Å². The van der Waals surface area contributed by atoms with E-state index in [0.717, 1.165) is 0 Å². The second-order valence-corrected chi connectivity index (χ2v) is 1.63. The van der Waals surface area contributed by atoms with Crippen molar-refractivity contribution < 1.29 is 24.5 Å². The average Bonchev–Trinajstić information content (AvgIpc) is 1.98. The number of ether oxygens (including phenoxy) is 1. The summed E-state index contributed by atoms with van der Waals surface area (Å²) in [7, 11) is 0. The lowest BCUT2D eigenvalue weighted by Gasteiger charge is -1.95. The molecule has 1 fully saturated rings. The van der Waals surface area contributed by atoms with Crippen LogP contribution in [-0.4, -0.2) is 34.4 Å².